The molecule has 1 rings (SSSR count). The molecule has 0 aliphatic rings. The van der Waals surface area contributed by atoms with Gasteiger partial charge in [-0.05, 0) is 22.0 Å². The van der Waals surface area contributed by atoms with Crippen molar-refractivity contribution in [2.75, 3.05) is 5.88 Å². The van der Waals surface area contributed by atoms with Crippen molar-refractivity contribution in [3.63, 3.8) is 0 Å². The van der Waals surface area contributed by atoms with E-state index in [1.165, 1.54) is 12.1 Å². The van der Waals surface area contributed by atoms with Gasteiger partial charge in [0.25, 0.3) is 5.69 Å². The van der Waals surface area contributed by atoms with Gasteiger partial charge in [-0.25, -0.2) is 0 Å². The fourth-order valence-electron chi connectivity index (χ4n) is 0.947. The largest absolute Gasteiger partial charge is 0.270 e. The first-order valence-corrected chi connectivity index (χ1v) is 6.42. The molecule has 0 radical (unpaired) electrons. The second-order valence-electron chi connectivity index (χ2n) is 2.95. The molecule has 0 bridgehead atoms. The standard InChI is InChI=1S/C9H9BrClNO2S/c1-6(5-11)15-9-3-2-7(12(13)14)4-8(9)10/h2-4,6H,5H2,1H3. The van der Waals surface area contributed by atoms with Crippen molar-refractivity contribution >= 4 is 45.0 Å². The van der Waals surface area contributed by atoms with Gasteiger partial charge in [0.05, 0.1) is 4.92 Å². The van der Waals surface area contributed by atoms with Crippen molar-refractivity contribution in [1.29, 1.82) is 0 Å². The molecule has 6 heteroatoms. The Hall–Kier alpha value is -0.260. The number of thioether (sulfide) groups is 1. The molecule has 0 aliphatic carbocycles. The lowest BCUT2D eigenvalue weighted by atomic mass is 10.3. The predicted octanol–water partition coefficient (Wildman–Crippen LogP) is 4.08. The maximum absolute atomic E-state index is 10.5. The third kappa shape index (κ3) is 3.66. The van der Waals surface area contributed by atoms with E-state index in [2.05, 4.69) is 15.9 Å². The van der Waals surface area contributed by atoms with Crippen molar-refractivity contribution in [2.45, 2.75) is 17.1 Å². The van der Waals surface area contributed by atoms with Gasteiger partial charge in [-0.15, -0.1) is 23.4 Å². The van der Waals surface area contributed by atoms with Crippen molar-refractivity contribution in [3.05, 3.63) is 32.8 Å². The van der Waals surface area contributed by atoms with Crippen LogP contribution in [-0.4, -0.2) is 16.1 Å². The monoisotopic (exact) mass is 309 g/mol. The SMILES string of the molecule is CC(CCl)Sc1ccc([N+](=O)[O-])cc1Br. The molecule has 0 spiro atoms. The first-order chi connectivity index (χ1) is 7.04. The molecule has 1 unspecified atom stereocenters. The third-order valence-corrected chi connectivity index (χ3v) is 4.42. The Kier molecular flexibility index (Phi) is 4.89. The Bertz CT molecular complexity index is 375. The maximum atomic E-state index is 10.5. The van der Waals surface area contributed by atoms with E-state index in [0.717, 1.165) is 9.37 Å². The van der Waals surface area contributed by atoms with E-state index >= 15 is 0 Å². The number of rotatable bonds is 4. The summed E-state index contributed by atoms with van der Waals surface area (Å²) in [6.45, 7) is 2.01. The zero-order valence-electron chi connectivity index (χ0n) is 7.94. The Balaban J connectivity index is 2.88. The van der Waals surface area contributed by atoms with Gasteiger partial charge in [0, 0.05) is 32.6 Å². The van der Waals surface area contributed by atoms with Gasteiger partial charge in [0.1, 0.15) is 0 Å². The van der Waals surface area contributed by atoms with Crippen LogP contribution in [0.2, 0.25) is 0 Å². The summed E-state index contributed by atoms with van der Waals surface area (Å²) in [7, 11) is 0. The summed E-state index contributed by atoms with van der Waals surface area (Å²) in [4.78, 5) is 11.1. The molecule has 1 aromatic rings. The van der Waals surface area contributed by atoms with Gasteiger partial charge in [-0.2, -0.15) is 0 Å². The number of benzene rings is 1. The van der Waals surface area contributed by atoms with Crippen LogP contribution < -0.4 is 0 Å². The Morgan fingerprint density at radius 1 is 1.67 bits per heavy atom. The molecule has 0 amide bonds. The van der Waals surface area contributed by atoms with Gasteiger partial charge >= 0.3 is 0 Å². The summed E-state index contributed by atoms with van der Waals surface area (Å²) >= 11 is 10.6. The van der Waals surface area contributed by atoms with Crippen molar-refractivity contribution in [3.8, 4) is 0 Å². The second-order valence-corrected chi connectivity index (χ2v) is 5.60. The van der Waals surface area contributed by atoms with E-state index in [1.807, 2.05) is 6.92 Å². The lowest BCUT2D eigenvalue weighted by Gasteiger charge is -2.08. The minimum absolute atomic E-state index is 0.0877. The normalized spacial score (nSPS) is 12.5. The number of halogens is 2. The number of nitrogens with zero attached hydrogens (tertiary/aromatic N) is 1. The molecule has 82 valence electrons. The highest BCUT2D eigenvalue weighted by molar-refractivity contribution is 9.10. The lowest BCUT2D eigenvalue weighted by molar-refractivity contribution is -0.385. The fourth-order valence-corrected chi connectivity index (χ4v) is 2.60. The predicted molar refractivity (Wildman–Crippen MR) is 66.8 cm³/mol. The molecule has 1 atom stereocenters. The molecule has 0 fully saturated rings. The molecular formula is C9H9BrClNO2S. The molecule has 0 heterocycles. The fraction of sp³-hybridized carbons (Fsp3) is 0.333. The smallest absolute Gasteiger partial charge is 0.258 e. The van der Waals surface area contributed by atoms with Crippen LogP contribution in [0.5, 0.6) is 0 Å². The number of alkyl halides is 1. The molecule has 0 saturated heterocycles. The van der Waals surface area contributed by atoms with E-state index in [4.69, 9.17) is 11.6 Å². The van der Waals surface area contributed by atoms with Crippen LogP contribution in [0.1, 0.15) is 6.92 Å². The summed E-state index contributed by atoms with van der Waals surface area (Å²) in [5, 5.41) is 10.8. The summed E-state index contributed by atoms with van der Waals surface area (Å²) in [5.74, 6) is 0.550. The first-order valence-electron chi connectivity index (χ1n) is 4.21. The zero-order chi connectivity index (χ0) is 11.4. The van der Waals surface area contributed by atoms with E-state index in [0.29, 0.717) is 5.88 Å². The zero-order valence-corrected chi connectivity index (χ0v) is 11.1. The van der Waals surface area contributed by atoms with Crippen LogP contribution in [0.15, 0.2) is 27.6 Å². The van der Waals surface area contributed by atoms with Crippen molar-refractivity contribution in [1.82, 2.24) is 0 Å². The third-order valence-electron chi connectivity index (χ3n) is 1.67. The van der Waals surface area contributed by atoms with Crippen LogP contribution >= 0.6 is 39.3 Å². The van der Waals surface area contributed by atoms with Crippen molar-refractivity contribution in [2.24, 2.45) is 0 Å². The number of nitro benzene ring substituents is 1. The van der Waals surface area contributed by atoms with Crippen LogP contribution in [0.3, 0.4) is 0 Å². The highest BCUT2D eigenvalue weighted by Crippen LogP contribution is 2.33. The molecule has 0 N–H and O–H groups in total. The Morgan fingerprint density at radius 3 is 2.80 bits per heavy atom. The van der Waals surface area contributed by atoms with Gasteiger partial charge in [-0.3, -0.25) is 10.1 Å². The summed E-state index contributed by atoms with van der Waals surface area (Å²) in [6.07, 6.45) is 0. The Labute approximate surface area is 105 Å². The van der Waals surface area contributed by atoms with Crippen molar-refractivity contribution < 1.29 is 4.92 Å². The summed E-state index contributed by atoms with van der Waals surface area (Å²) < 4.78 is 0.735. The molecule has 3 nitrogen and oxygen atoms in total. The van der Waals surface area contributed by atoms with Crippen LogP contribution in [0.25, 0.3) is 0 Å². The minimum atomic E-state index is -0.413. The topological polar surface area (TPSA) is 43.1 Å². The molecule has 15 heavy (non-hydrogen) atoms. The molecule has 0 saturated carbocycles. The summed E-state index contributed by atoms with van der Waals surface area (Å²) in [5.41, 5.74) is 0.0877. The molecule has 0 aromatic heterocycles. The lowest BCUT2D eigenvalue weighted by Crippen LogP contribution is -1.97. The van der Waals surface area contributed by atoms with Gasteiger partial charge in [-0.1, -0.05) is 6.92 Å². The quantitative estimate of drug-likeness (QED) is 0.364. The molecule has 1 aromatic carbocycles. The highest BCUT2D eigenvalue weighted by Gasteiger charge is 2.11. The second kappa shape index (κ2) is 5.72. The number of hydrogen-bond acceptors (Lipinski definition) is 3. The van der Waals surface area contributed by atoms with E-state index in [9.17, 15) is 10.1 Å². The average Bonchev–Trinajstić information content (AvgIpc) is 2.20. The van der Waals surface area contributed by atoms with Crippen LogP contribution in [0.4, 0.5) is 5.69 Å². The highest BCUT2D eigenvalue weighted by atomic mass is 79.9. The van der Waals surface area contributed by atoms with E-state index in [1.54, 1.807) is 17.8 Å². The average molecular weight is 311 g/mol. The minimum Gasteiger partial charge on any atom is -0.258 e. The molecule has 0 aliphatic heterocycles. The van der Waals surface area contributed by atoms with Crippen LogP contribution in [-0.2, 0) is 0 Å². The van der Waals surface area contributed by atoms with Gasteiger partial charge < -0.3 is 0 Å². The van der Waals surface area contributed by atoms with E-state index < -0.39 is 4.92 Å². The maximum Gasteiger partial charge on any atom is 0.270 e. The number of hydrogen-bond donors (Lipinski definition) is 0. The van der Waals surface area contributed by atoms with E-state index in [-0.39, 0.29) is 10.9 Å². The summed E-state index contributed by atoms with van der Waals surface area (Å²) in [6, 6.07) is 4.73. The number of nitro groups is 1. The Morgan fingerprint density at radius 2 is 2.33 bits per heavy atom. The first kappa shape index (κ1) is 12.8. The number of non-ortho nitro benzene ring substituents is 1. The van der Waals surface area contributed by atoms with Crippen LogP contribution in [0, 0.1) is 10.1 Å². The molecular weight excluding hydrogens is 302 g/mol. The van der Waals surface area contributed by atoms with Gasteiger partial charge in [0.15, 0.2) is 0 Å². The van der Waals surface area contributed by atoms with Gasteiger partial charge in [0.2, 0.25) is 0 Å².